The Bertz CT molecular complexity index is 175. The lowest BCUT2D eigenvalue weighted by molar-refractivity contribution is 0.589. The summed E-state index contributed by atoms with van der Waals surface area (Å²) in [6.45, 7) is 1.80. The molecule has 0 saturated carbocycles. The van der Waals surface area contributed by atoms with Crippen LogP contribution in [0.15, 0.2) is 10.5 Å². The number of aryl methyl sites for hydroxylation is 1. The second-order valence-electron chi connectivity index (χ2n) is 1.59. The Kier molecular flexibility index (Phi) is 1.38. The van der Waals surface area contributed by atoms with Crippen LogP contribution < -0.4 is 0 Å². The van der Waals surface area contributed by atoms with Crippen LogP contribution in [-0.2, 0) is 0 Å². The van der Waals surface area contributed by atoms with Gasteiger partial charge in [-0.25, -0.2) is 0 Å². The van der Waals surface area contributed by atoms with E-state index >= 15 is 0 Å². The highest BCUT2D eigenvalue weighted by molar-refractivity contribution is 9.10. The van der Waals surface area contributed by atoms with Crippen molar-refractivity contribution >= 4 is 15.9 Å². The molecule has 3 heteroatoms. The molecule has 0 aliphatic carbocycles. The number of aromatic amines is 1. The monoisotopic (exact) mass is 177 g/mol. The molecule has 0 spiro atoms. The molecule has 0 aromatic carbocycles. The molecule has 0 atom stereocenters. The van der Waals surface area contributed by atoms with Crippen molar-refractivity contribution in [3.8, 4) is 0 Å². The topological polar surface area (TPSA) is 15.8 Å². The zero-order valence-corrected chi connectivity index (χ0v) is 5.92. The molecule has 0 radical (unpaired) electrons. The predicted molar refractivity (Wildman–Crippen MR) is 33.2 cm³/mol. The summed E-state index contributed by atoms with van der Waals surface area (Å²) in [5, 5.41) is 0. The van der Waals surface area contributed by atoms with Gasteiger partial charge < -0.3 is 4.98 Å². The molecular formula is C5H5BrFN. The van der Waals surface area contributed by atoms with E-state index < -0.39 is 0 Å². The SMILES string of the molecule is Cc1[nH]c(F)cc1Br. The lowest BCUT2D eigenvalue weighted by atomic mass is 10.5. The number of hydrogen-bond donors (Lipinski definition) is 1. The average Bonchev–Trinajstić information content (AvgIpc) is 1.85. The molecule has 0 aliphatic rings. The fraction of sp³-hybridized carbons (Fsp3) is 0.200. The molecule has 0 aliphatic heterocycles. The van der Waals surface area contributed by atoms with E-state index in [1.54, 1.807) is 6.92 Å². The Labute approximate surface area is 55.0 Å². The van der Waals surface area contributed by atoms with E-state index in [9.17, 15) is 4.39 Å². The van der Waals surface area contributed by atoms with Gasteiger partial charge in [0.15, 0.2) is 5.95 Å². The summed E-state index contributed by atoms with van der Waals surface area (Å²) < 4.78 is 12.9. The number of hydrogen-bond acceptors (Lipinski definition) is 0. The normalized spacial score (nSPS) is 9.88. The Balaban J connectivity index is 3.14. The molecule has 1 rings (SSSR count). The standard InChI is InChI=1S/C5H5BrFN/c1-3-4(6)2-5(7)8-3/h2,8H,1H3. The van der Waals surface area contributed by atoms with Crippen molar-refractivity contribution in [2.45, 2.75) is 6.92 Å². The van der Waals surface area contributed by atoms with Crippen molar-refractivity contribution in [2.75, 3.05) is 0 Å². The van der Waals surface area contributed by atoms with Crippen molar-refractivity contribution in [1.82, 2.24) is 4.98 Å². The van der Waals surface area contributed by atoms with Crippen LogP contribution in [0.4, 0.5) is 4.39 Å². The third-order valence-electron chi connectivity index (χ3n) is 0.919. The maximum Gasteiger partial charge on any atom is 0.192 e. The quantitative estimate of drug-likeness (QED) is 0.626. The molecule has 0 bridgehead atoms. The number of aromatic nitrogens is 1. The first-order chi connectivity index (χ1) is 3.70. The maximum absolute atomic E-state index is 12.1. The van der Waals surface area contributed by atoms with E-state index in [1.807, 2.05) is 0 Å². The molecule has 0 amide bonds. The van der Waals surface area contributed by atoms with Gasteiger partial charge in [0.2, 0.25) is 0 Å². The van der Waals surface area contributed by atoms with Gasteiger partial charge in [0.05, 0.1) is 0 Å². The summed E-state index contributed by atoms with van der Waals surface area (Å²) in [7, 11) is 0. The van der Waals surface area contributed by atoms with Gasteiger partial charge in [-0.3, -0.25) is 0 Å². The van der Waals surface area contributed by atoms with Crippen LogP contribution in [0.2, 0.25) is 0 Å². The summed E-state index contributed by atoms with van der Waals surface area (Å²) in [6.07, 6.45) is 0. The van der Waals surface area contributed by atoms with Gasteiger partial charge in [-0.2, -0.15) is 4.39 Å². The van der Waals surface area contributed by atoms with Crippen molar-refractivity contribution in [1.29, 1.82) is 0 Å². The lowest BCUT2D eigenvalue weighted by Gasteiger charge is -1.79. The van der Waals surface area contributed by atoms with E-state index in [4.69, 9.17) is 0 Å². The van der Waals surface area contributed by atoms with Crippen LogP contribution >= 0.6 is 15.9 Å². The van der Waals surface area contributed by atoms with E-state index in [0.29, 0.717) is 0 Å². The number of nitrogens with one attached hydrogen (secondary N) is 1. The molecule has 1 nitrogen and oxygen atoms in total. The predicted octanol–water partition coefficient (Wildman–Crippen LogP) is 2.22. The molecule has 1 heterocycles. The highest BCUT2D eigenvalue weighted by Gasteiger charge is 1.97. The number of H-pyrrole nitrogens is 1. The van der Waals surface area contributed by atoms with Crippen LogP contribution in [0.25, 0.3) is 0 Å². The Morgan fingerprint density at radius 3 is 2.50 bits per heavy atom. The van der Waals surface area contributed by atoms with E-state index in [0.717, 1.165) is 10.2 Å². The first kappa shape index (κ1) is 5.82. The second-order valence-corrected chi connectivity index (χ2v) is 2.44. The lowest BCUT2D eigenvalue weighted by Crippen LogP contribution is -1.69. The van der Waals surface area contributed by atoms with Crippen LogP contribution in [0.3, 0.4) is 0 Å². The molecule has 1 N–H and O–H groups in total. The molecular weight excluding hydrogens is 173 g/mol. The minimum Gasteiger partial charge on any atom is -0.335 e. The van der Waals surface area contributed by atoms with Crippen LogP contribution in [-0.4, -0.2) is 4.98 Å². The van der Waals surface area contributed by atoms with Crippen molar-refractivity contribution < 1.29 is 4.39 Å². The average molecular weight is 178 g/mol. The smallest absolute Gasteiger partial charge is 0.192 e. The summed E-state index contributed by atoms with van der Waals surface area (Å²) >= 11 is 3.14. The third kappa shape index (κ3) is 0.916. The van der Waals surface area contributed by atoms with Gasteiger partial charge >= 0.3 is 0 Å². The largest absolute Gasteiger partial charge is 0.335 e. The van der Waals surface area contributed by atoms with Crippen molar-refractivity contribution in [3.05, 3.63) is 22.2 Å². The minimum atomic E-state index is -0.297. The summed E-state index contributed by atoms with van der Waals surface area (Å²) in [6, 6.07) is 1.40. The molecule has 8 heavy (non-hydrogen) atoms. The third-order valence-corrected chi connectivity index (χ3v) is 1.74. The zero-order chi connectivity index (χ0) is 6.15. The van der Waals surface area contributed by atoms with Gasteiger partial charge in [-0.1, -0.05) is 0 Å². The van der Waals surface area contributed by atoms with Gasteiger partial charge in [0, 0.05) is 16.2 Å². The second kappa shape index (κ2) is 1.90. The Morgan fingerprint density at radius 2 is 2.38 bits per heavy atom. The van der Waals surface area contributed by atoms with Crippen LogP contribution in [0.5, 0.6) is 0 Å². The fourth-order valence-electron chi connectivity index (χ4n) is 0.494. The van der Waals surface area contributed by atoms with Gasteiger partial charge in [-0.05, 0) is 22.9 Å². The molecule has 1 aromatic heterocycles. The van der Waals surface area contributed by atoms with Crippen LogP contribution in [0.1, 0.15) is 5.69 Å². The van der Waals surface area contributed by atoms with E-state index in [1.165, 1.54) is 6.07 Å². The van der Waals surface area contributed by atoms with Gasteiger partial charge in [0.25, 0.3) is 0 Å². The summed E-state index contributed by atoms with van der Waals surface area (Å²) in [5.41, 5.74) is 0.822. The molecule has 1 aromatic rings. The van der Waals surface area contributed by atoms with Gasteiger partial charge in [0.1, 0.15) is 0 Å². The minimum absolute atomic E-state index is 0.297. The Hall–Kier alpha value is -0.310. The maximum atomic E-state index is 12.1. The van der Waals surface area contributed by atoms with Crippen LogP contribution in [0, 0.1) is 12.9 Å². The Morgan fingerprint density at radius 1 is 1.75 bits per heavy atom. The first-order valence-electron chi connectivity index (χ1n) is 2.21. The van der Waals surface area contributed by atoms with Crippen molar-refractivity contribution in [3.63, 3.8) is 0 Å². The van der Waals surface area contributed by atoms with E-state index in [2.05, 4.69) is 20.9 Å². The molecule has 44 valence electrons. The van der Waals surface area contributed by atoms with Gasteiger partial charge in [-0.15, -0.1) is 0 Å². The highest BCUT2D eigenvalue weighted by Crippen LogP contribution is 2.14. The number of rotatable bonds is 0. The summed E-state index contributed by atoms with van der Waals surface area (Å²) in [5.74, 6) is -0.297. The molecule has 0 saturated heterocycles. The number of halogens is 2. The molecule has 0 unspecified atom stereocenters. The van der Waals surface area contributed by atoms with Crippen molar-refractivity contribution in [2.24, 2.45) is 0 Å². The summed E-state index contributed by atoms with van der Waals surface area (Å²) in [4.78, 5) is 2.49. The molecule has 0 fully saturated rings. The van der Waals surface area contributed by atoms with E-state index in [-0.39, 0.29) is 5.95 Å². The fourth-order valence-corrected chi connectivity index (χ4v) is 0.795. The highest BCUT2D eigenvalue weighted by atomic mass is 79.9. The zero-order valence-electron chi connectivity index (χ0n) is 4.33. The first-order valence-corrected chi connectivity index (χ1v) is 3.00.